The van der Waals surface area contributed by atoms with Crippen LogP contribution in [0.1, 0.15) is 5.56 Å². The van der Waals surface area contributed by atoms with Gasteiger partial charge in [0, 0.05) is 36.8 Å². The Balaban J connectivity index is 2.08. The predicted octanol–water partition coefficient (Wildman–Crippen LogP) is 1.58. The summed E-state index contributed by atoms with van der Waals surface area (Å²) in [4.78, 5) is 16.0. The van der Waals surface area contributed by atoms with E-state index in [0.29, 0.717) is 23.8 Å². The van der Waals surface area contributed by atoms with E-state index in [1.165, 1.54) is 7.11 Å². The van der Waals surface area contributed by atoms with Crippen LogP contribution in [0, 0.1) is 0 Å². The Morgan fingerprint density at radius 1 is 1.29 bits per heavy atom. The molecule has 0 radical (unpaired) electrons. The molecule has 1 heterocycles. The zero-order valence-electron chi connectivity index (χ0n) is 13.7. The van der Waals surface area contributed by atoms with Gasteiger partial charge in [-0.05, 0) is 18.2 Å². The molecule has 1 atom stereocenters. The van der Waals surface area contributed by atoms with Gasteiger partial charge in [0.2, 0.25) is 5.91 Å². The van der Waals surface area contributed by atoms with Crippen molar-refractivity contribution in [2.24, 2.45) is 5.73 Å². The van der Waals surface area contributed by atoms with Crippen LogP contribution >= 0.6 is 0 Å². The number of benzene rings is 1. The molecule has 1 aromatic carbocycles. The number of anilines is 1. The average molecular weight is 331 g/mol. The maximum absolute atomic E-state index is 12.0. The zero-order chi connectivity index (χ0) is 17.4. The van der Waals surface area contributed by atoms with Crippen molar-refractivity contribution < 1.29 is 19.0 Å². The number of methoxy groups -OCH3 is 2. The Kier molecular flexibility index (Phi) is 6.53. The third kappa shape index (κ3) is 4.94. The molecule has 1 unspecified atom stereocenters. The molecule has 0 bridgehead atoms. The highest BCUT2D eigenvalue weighted by Crippen LogP contribution is 2.30. The summed E-state index contributed by atoms with van der Waals surface area (Å²) in [6.07, 6.45) is 3.42. The van der Waals surface area contributed by atoms with Crippen molar-refractivity contribution in [2.75, 3.05) is 26.1 Å². The summed E-state index contributed by atoms with van der Waals surface area (Å²) in [6, 6.07) is 8.13. The molecular weight excluding hydrogens is 310 g/mol. The van der Waals surface area contributed by atoms with Crippen molar-refractivity contribution >= 4 is 11.6 Å². The Bertz CT molecular complexity index is 664. The maximum atomic E-state index is 12.0. The molecule has 1 aromatic heterocycles. The van der Waals surface area contributed by atoms with Gasteiger partial charge < -0.3 is 25.3 Å². The minimum absolute atomic E-state index is 0.145. The Morgan fingerprint density at radius 2 is 2.12 bits per heavy atom. The van der Waals surface area contributed by atoms with Crippen LogP contribution < -0.4 is 20.5 Å². The van der Waals surface area contributed by atoms with Gasteiger partial charge in [-0.1, -0.05) is 6.07 Å². The summed E-state index contributed by atoms with van der Waals surface area (Å²) in [6.45, 7) is 0.483. The van der Waals surface area contributed by atoms with Crippen molar-refractivity contribution in [3.8, 4) is 11.5 Å². The van der Waals surface area contributed by atoms with Gasteiger partial charge in [-0.2, -0.15) is 0 Å². The molecule has 0 saturated heterocycles. The van der Waals surface area contributed by atoms with Crippen LogP contribution in [0.15, 0.2) is 42.7 Å². The minimum atomic E-state index is -0.739. The van der Waals surface area contributed by atoms with Crippen LogP contribution in [0.25, 0.3) is 0 Å². The third-order valence-electron chi connectivity index (χ3n) is 3.23. The number of hydrogen-bond acceptors (Lipinski definition) is 6. The monoisotopic (exact) mass is 331 g/mol. The second-order valence-electron chi connectivity index (χ2n) is 5.07. The Labute approximate surface area is 140 Å². The number of nitrogens with one attached hydrogen (secondary N) is 1. The van der Waals surface area contributed by atoms with Crippen LogP contribution in [0.4, 0.5) is 5.69 Å². The number of rotatable bonds is 8. The number of amides is 1. The molecule has 2 aromatic rings. The smallest absolute Gasteiger partial charge is 0.243 e. The lowest BCUT2D eigenvalue weighted by atomic mass is 10.2. The molecule has 0 fully saturated rings. The number of hydrogen-bond donors (Lipinski definition) is 2. The van der Waals surface area contributed by atoms with Gasteiger partial charge in [0.05, 0.1) is 13.7 Å². The quantitative estimate of drug-likeness (QED) is 0.762. The fraction of sp³-hybridized carbons (Fsp3) is 0.294. The first-order valence-corrected chi connectivity index (χ1v) is 7.39. The van der Waals surface area contributed by atoms with Crippen LogP contribution in [-0.2, 0) is 16.1 Å². The average Bonchev–Trinajstić information content (AvgIpc) is 2.61. The zero-order valence-corrected chi connectivity index (χ0v) is 13.7. The normalized spacial score (nSPS) is 11.6. The number of nitrogens with zero attached hydrogens (tertiary/aromatic N) is 1. The number of aromatic nitrogens is 1. The van der Waals surface area contributed by atoms with Crippen LogP contribution in [0.5, 0.6) is 11.5 Å². The minimum Gasteiger partial charge on any atom is -0.493 e. The first-order chi connectivity index (χ1) is 11.6. The number of ether oxygens (including phenoxy) is 3. The van der Waals surface area contributed by atoms with E-state index >= 15 is 0 Å². The fourth-order valence-corrected chi connectivity index (χ4v) is 2.00. The number of carbonyl (C=O) groups excluding carboxylic acids is 1. The van der Waals surface area contributed by atoms with E-state index < -0.39 is 6.04 Å². The van der Waals surface area contributed by atoms with Gasteiger partial charge in [-0.25, -0.2) is 0 Å². The summed E-state index contributed by atoms with van der Waals surface area (Å²) >= 11 is 0. The van der Waals surface area contributed by atoms with Gasteiger partial charge in [0.15, 0.2) is 11.5 Å². The van der Waals surface area contributed by atoms with Crippen molar-refractivity contribution in [1.29, 1.82) is 0 Å². The lowest BCUT2D eigenvalue weighted by Crippen LogP contribution is -2.39. The first-order valence-electron chi connectivity index (χ1n) is 7.39. The molecule has 7 heteroatoms. The molecule has 128 valence electrons. The van der Waals surface area contributed by atoms with E-state index in [4.69, 9.17) is 19.9 Å². The van der Waals surface area contributed by atoms with Crippen molar-refractivity contribution in [2.45, 2.75) is 12.6 Å². The summed E-state index contributed by atoms with van der Waals surface area (Å²) in [5, 5.41) is 2.72. The van der Waals surface area contributed by atoms with Gasteiger partial charge in [-0.15, -0.1) is 0 Å². The molecule has 7 nitrogen and oxygen atoms in total. The highest BCUT2D eigenvalue weighted by molar-refractivity contribution is 5.95. The summed E-state index contributed by atoms with van der Waals surface area (Å²) < 4.78 is 15.9. The molecule has 0 saturated carbocycles. The lowest BCUT2D eigenvalue weighted by Gasteiger charge is -2.14. The van der Waals surface area contributed by atoms with Crippen LogP contribution in [0.2, 0.25) is 0 Å². The van der Waals surface area contributed by atoms with E-state index in [-0.39, 0.29) is 12.5 Å². The highest BCUT2D eigenvalue weighted by atomic mass is 16.5. The lowest BCUT2D eigenvalue weighted by molar-refractivity contribution is -0.118. The van der Waals surface area contributed by atoms with Crippen molar-refractivity contribution in [1.82, 2.24) is 4.98 Å². The van der Waals surface area contributed by atoms with E-state index in [0.717, 1.165) is 5.56 Å². The largest absolute Gasteiger partial charge is 0.493 e. The molecular formula is C17H21N3O4. The predicted molar refractivity (Wildman–Crippen MR) is 90.0 cm³/mol. The van der Waals surface area contributed by atoms with Gasteiger partial charge in [0.1, 0.15) is 12.6 Å². The molecule has 1 amide bonds. The Hall–Kier alpha value is -2.64. The summed E-state index contributed by atoms with van der Waals surface area (Å²) in [7, 11) is 3.05. The molecule has 0 aliphatic heterocycles. The SMILES string of the molecule is COCC(N)C(=O)Nc1ccc(OC)c(OCc2cccnc2)c1. The standard InChI is InChI=1S/C17H21N3O4/c1-22-11-14(18)17(21)20-13-5-6-15(23-2)16(8-13)24-10-12-4-3-7-19-9-12/h3-9,14H,10-11,18H2,1-2H3,(H,20,21). The van der Waals surface area contributed by atoms with Crippen LogP contribution in [0.3, 0.4) is 0 Å². The van der Waals surface area contributed by atoms with E-state index in [1.807, 2.05) is 12.1 Å². The molecule has 0 spiro atoms. The summed E-state index contributed by atoms with van der Waals surface area (Å²) in [5.74, 6) is 0.748. The third-order valence-corrected chi connectivity index (χ3v) is 3.23. The van der Waals surface area contributed by atoms with Crippen molar-refractivity contribution in [3.05, 3.63) is 48.3 Å². The molecule has 0 aliphatic carbocycles. The molecule has 2 rings (SSSR count). The fourth-order valence-electron chi connectivity index (χ4n) is 2.00. The highest BCUT2D eigenvalue weighted by Gasteiger charge is 2.14. The number of carbonyl (C=O) groups is 1. The van der Waals surface area contributed by atoms with E-state index in [2.05, 4.69) is 10.3 Å². The van der Waals surface area contributed by atoms with Gasteiger partial charge >= 0.3 is 0 Å². The summed E-state index contributed by atoms with van der Waals surface area (Å²) in [5.41, 5.74) is 7.19. The second kappa shape index (κ2) is 8.85. The number of nitrogens with two attached hydrogens (primary N) is 1. The first kappa shape index (κ1) is 17.7. The maximum Gasteiger partial charge on any atom is 0.243 e. The van der Waals surface area contributed by atoms with Crippen molar-refractivity contribution in [3.63, 3.8) is 0 Å². The Morgan fingerprint density at radius 3 is 2.79 bits per heavy atom. The molecule has 3 N–H and O–H groups in total. The molecule has 24 heavy (non-hydrogen) atoms. The topological polar surface area (TPSA) is 95.7 Å². The van der Waals surface area contributed by atoms with E-state index in [9.17, 15) is 4.79 Å². The molecule has 0 aliphatic rings. The van der Waals surface area contributed by atoms with Gasteiger partial charge in [-0.3, -0.25) is 9.78 Å². The second-order valence-corrected chi connectivity index (χ2v) is 5.07. The van der Waals surface area contributed by atoms with E-state index in [1.54, 1.807) is 37.7 Å². The van der Waals surface area contributed by atoms with Crippen LogP contribution in [-0.4, -0.2) is 37.8 Å². The number of pyridine rings is 1. The van der Waals surface area contributed by atoms with Gasteiger partial charge in [0.25, 0.3) is 0 Å².